The number of anilines is 9. The van der Waals surface area contributed by atoms with Gasteiger partial charge in [-0.2, -0.15) is 0 Å². The molecule has 0 fully saturated rings. The van der Waals surface area contributed by atoms with Gasteiger partial charge in [0.1, 0.15) is 0 Å². The van der Waals surface area contributed by atoms with E-state index >= 15 is 0 Å². The van der Waals surface area contributed by atoms with Gasteiger partial charge in [0.25, 0.3) is 0 Å². The summed E-state index contributed by atoms with van der Waals surface area (Å²) in [5.41, 5.74) is 17.1. The van der Waals surface area contributed by atoms with E-state index in [2.05, 4.69) is 277 Å². The Morgan fingerprint density at radius 1 is 0.266 bits per heavy atom. The minimum atomic E-state index is -0.234. The minimum Gasteiger partial charge on any atom is -0.310 e. The smallest absolute Gasteiger partial charge is 0.0503 e. The maximum Gasteiger partial charge on any atom is 0.0503 e. The van der Waals surface area contributed by atoms with Gasteiger partial charge >= 0.3 is 0 Å². The predicted octanol–water partition coefficient (Wildman–Crippen LogP) is 17.2. The lowest BCUT2D eigenvalue weighted by Gasteiger charge is -2.33. The normalized spacial score (nSPS) is 12.3. The van der Waals surface area contributed by atoms with Gasteiger partial charge in [0.15, 0.2) is 0 Å². The Labute approximate surface area is 376 Å². The van der Waals surface area contributed by atoms with Crippen LogP contribution in [0.15, 0.2) is 249 Å². The van der Waals surface area contributed by atoms with Crippen LogP contribution in [0.25, 0.3) is 33.0 Å². The van der Waals surface area contributed by atoms with E-state index in [4.69, 9.17) is 0 Å². The SMILES string of the molecule is CC1(C)c2cc(N(c3cc(N(c4ccccc4)c4ccccc4)cc(N(c4ccccc4)c4ccccc4)c3)c3ccc4ccccc4c3)ccc2-c2c(-c3ccccc3)cccc21. The number of hydrogen-bond acceptors (Lipinski definition) is 3. The molecule has 0 saturated carbocycles. The second-order valence-corrected chi connectivity index (χ2v) is 17.0. The van der Waals surface area contributed by atoms with Gasteiger partial charge in [-0.05, 0) is 135 Å². The van der Waals surface area contributed by atoms with Gasteiger partial charge in [0, 0.05) is 39.5 Å². The molecule has 0 atom stereocenters. The molecule has 10 aromatic rings. The van der Waals surface area contributed by atoms with Crippen molar-refractivity contribution in [2.75, 3.05) is 14.7 Å². The first kappa shape index (κ1) is 38.8. The highest BCUT2D eigenvalue weighted by atomic mass is 15.2. The lowest BCUT2D eigenvalue weighted by molar-refractivity contribution is 0.660. The Hall–Kier alpha value is -8.14. The fourth-order valence-electron chi connectivity index (χ4n) is 9.71. The lowest BCUT2D eigenvalue weighted by Crippen LogP contribution is -2.18. The van der Waals surface area contributed by atoms with E-state index in [1.54, 1.807) is 0 Å². The van der Waals surface area contributed by atoms with Gasteiger partial charge < -0.3 is 14.7 Å². The summed E-state index contributed by atoms with van der Waals surface area (Å²) in [6.07, 6.45) is 0. The number of benzene rings is 10. The lowest BCUT2D eigenvalue weighted by atomic mass is 9.81. The summed E-state index contributed by atoms with van der Waals surface area (Å²) in [5, 5.41) is 2.39. The number of nitrogens with zero attached hydrogens (tertiary/aromatic N) is 3. The summed E-state index contributed by atoms with van der Waals surface area (Å²) in [7, 11) is 0. The van der Waals surface area contributed by atoms with Crippen molar-refractivity contribution in [2.24, 2.45) is 0 Å². The third-order valence-electron chi connectivity index (χ3n) is 12.7. The summed E-state index contributed by atoms with van der Waals surface area (Å²) in [6, 6.07) is 90.1. The molecule has 3 nitrogen and oxygen atoms in total. The van der Waals surface area contributed by atoms with Crippen molar-refractivity contribution >= 4 is 62.0 Å². The molecule has 1 aliphatic carbocycles. The quantitative estimate of drug-likeness (QED) is 0.136. The highest BCUT2D eigenvalue weighted by Crippen LogP contribution is 2.54. The first-order chi connectivity index (χ1) is 31.5. The maximum atomic E-state index is 2.46. The van der Waals surface area contributed by atoms with Gasteiger partial charge in [-0.3, -0.25) is 0 Å². The highest BCUT2D eigenvalue weighted by Gasteiger charge is 2.37. The van der Waals surface area contributed by atoms with E-state index in [9.17, 15) is 0 Å². The average molecular weight is 822 g/mol. The molecule has 10 aromatic carbocycles. The molecule has 0 amide bonds. The number of para-hydroxylation sites is 4. The van der Waals surface area contributed by atoms with E-state index in [0.717, 1.165) is 51.2 Å². The zero-order chi connectivity index (χ0) is 43.0. The molecule has 0 unspecified atom stereocenters. The molecule has 0 N–H and O–H groups in total. The van der Waals surface area contributed by atoms with Crippen molar-refractivity contribution in [3.8, 4) is 22.3 Å². The van der Waals surface area contributed by atoms with Crippen LogP contribution in [0.3, 0.4) is 0 Å². The number of hydrogen-bond donors (Lipinski definition) is 0. The summed E-state index contributed by atoms with van der Waals surface area (Å²) in [5.74, 6) is 0. The van der Waals surface area contributed by atoms with Crippen molar-refractivity contribution in [3.05, 3.63) is 260 Å². The molecule has 0 radical (unpaired) electrons. The molecule has 0 heterocycles. The second kappa shape index (κ2) is 16.3. The highest BCUT2D eigenvalue weighted by molar-refractivity contribution is 5.96. The van der Waals surface area contributed by atoms with Crippen LogP contribution in [0, 0.1) is 0 Å². The fraction of sp³-hybridized carbons (Fsp3) is 0.0492. The average Bonchev–Trinajstić information content (AvgIpc) is 3.58. The molecule has 64 heavy (non-hydrogen) atoms. The van der Waals surface area contributed by atoms with Crippen molar-refractivity contribution < 1.29 is 0 Å². The summed E-state index contributed by atoms with van der Waals surface area (Å²) in [6.45, 7) is 4.76. The van der Waals surface area contributed by atoms with E-state index in [1.807, 2.05) is 0 Å². The van der Waals surface area contributed by atoms with Crippen LogP contribution in [0.5, 0.6) is 0 Å². The second-order valence-electron chi connectivity index (χ2n) is 17.0. The van der Waals surface area contributed by atoms with Crippen molar-refractivity contribution in [2.45, 2.75) is 19.3 Å². The largest absolute Gasteiger partial charge is 0.310 e. The van der Waals surface area contributed by atoms with Crippen LogP contribution in [0.1, 0.15) is 25.0 Å². The van der Waals surface area contributed by atoms with Crippen LogP contribution >= 0.6 is 0 Å². The predicted molar refractivity (Wildman–Crippen MR) is 271 cm³/mol. The van der Waals surface area contributed by atoms with Gasteiger partial charge in [-0.25, -0.2) is 0 Å². The van der Waals surface area contributed by atoms with Crippen LogP contribution in [-0.2, 0) is 5.41 Å². The number of fused-ring (bicyclic) bond motifs is 4. The molecule has 0 aromatic heterocycles. The van der Waals surface area contributed by atoms with E-state index in [-0.39, 0.29) is 5.41 Å². The minimum absolute atomic E-state index is 0.234. The van der Waals surface area contributed by atoms with Crippen molar-refractivity contribution in [3.63, 3.8) is 0 Å². The number of rotatable bonds is 10. The molecule has 0 spiro atoms. The molecule has 0 saturated heterocycles. The Balaban J connectivity index is 1.18. The van der Waals surface area contributed by atoms with Crippen LogP contribution in [0.4, 0.5) is 51.2 Å². The van der Waals surface area contributed by atoms with Crippen molar-refractivity contribution in [1.82, 2.24) is 0 Å². The molecular weight excluding hydrogens is 775 g/mol. The van der Waals surface area contributed by atoms with Gasteiger partial charge in [0.05, 0.1) is 17.1 Å². The molecule has 11 rings (SSSR count). The zero-order valence-corrected chi connectivity index (χ0v) is 36.0. The van der Waals surface area contributed by atoms with Crippen LogP contribution in [-0.4, -0.2) is 0 Å². The van der Waals surface area contributed by atoms with Gasteiger partial charge in [-0.15, -0.1) is 0 Å². The molecule has 0 aliphatic heterocycles. The Kier molecular flexibility index (Phi) is 9.86. The molecular formula is C61H47N3. The standard InChI is InChI=1S/C61H47N3/c1-61(2)58-34-20-33-56(45-22-8-3-9-23-45)60(58)57-38-37-52(43-59(57)61)64(51-36-35-44-21-18-19-24-46(44)39-51)55-41-53(62(47-25-10-4-11-26-47)48-27-12-5-13-28-48)40-54(42-55)63(49-29-14-6-15-30-49)50-31-16-7-17-32-50/h3-43H,1-2H3. The Morgan fingerprint density at radius 3 is 1.20 bits per heavy atom. The zero-order valence-electron chi connectivity index (χ0n) is 36.0. The first-order valence-electron chi connectivity index (χ1n) is 22.1. The summed E-state index contributed by atoms with van der Waals surface area (Å²) >= 11 is 0. The first-order valence-corrected chi connectivity index (χ1v) is 22.1. The summed E-state index contributed by atoms with van der Waals surface area (Å²) in [4.78, 5) is 7.19. The Morgan fingerprint density at radius 2 is 0.688 bits per heavy atom. The molecule has 3 heteroatoms. The van der Waals surface area contributed by atoms with Crippen molar-refractivity contribution in [1.29, 1.82) is 0 Å². The monoisotopic (exact) mass is 821 g/mol. The molecule has 0 bridgehead atoms. The van der Waals surface area contributed by atoms with Gasteiger partial charge in [0.2, 0.25) is 0 Å². The topological polar surface area (TPSA) is 9.72 Å². The third kappa shape index (κ3) is 6.98. The third-order valence-corrected chi connectivity index (χ3v) is 12.7. The molecule has 306 valence electrons. The summed E-state index contributed by atoms with van der Waals surface area (Å²) < 4.78 is 0. The van der Waals surface area contributed by atoms with Crippen LogP contribution < -0.4 is 14.7 Å². The van der Waals surface area contributed by atoms with E-state index in [1.165, 1.54) is 44.2 Å². The van der Waals surface area contributed by atoms with Crippen LogP contribution in [0.2, 0.25) is 0 Å². The van der Waals surface area contributed by atoms with E-state index < -0.39 is 0 Å². The molecule has 1 aliphatic rings. The van der Waals surface area contributed by atoms with Gasteiger partial charge in [-0.1, -0.05) is 172 Å². The Bertz CT molecular complexity index is 3060. The fourth-order valence-corrected chi connectivity index (χ4v) is 9.71. The maximum absolute atomic E-state index is 2.46. The van der Waals surface area contributed by atoms with E-state index in [0.29, 0.717) is 0 Å².